The van der Waals surface area contributed by atoms with E-state index < -0.39 is 113 Å². The Balaban J connectivity index is 1.28. The van der Waals surface area contributed by atoms with Crippen LogP contribution in [0.2, 0.25) is 0 Å². The zero-order chi connectivity index (χ0) is 37.2. The van der Waals surface area contributed by atoms with Gasteiger partial charge < -0.3 is 60.5 Å². The Kier molecular flexibility index (Phi) is 9.51. The van der Waals surface area contributed by atoms with E-state index in [0.29, 0.717) is 38.5 Å². The lowest BCUT2D eigenvalue weighted by molar-refractivity contribution is -0.300. The van der Waals surface area contributed by atoms with Gasteiger partial charge in [-0.3, -0.25) is 4.79 Å². The molecule has 0 aromatic carbocycles. The normalized spacial score (nSPS) is 53.7. The lowest BCUT2D eigenvalue weighted by Gasteiger charge is -2.64. The summed E-state index contributed by atoms with van der Waals surface area (Å²) in [6.07, 6.45) is -7.26. The van der Waals surface area contributed by atoms with E-state index in [1.165, 1.54) is 0 Å². The standard InChI is InChI=1S/C37H62O13/c1-18(2)36(48,17-39)12-10-33(5,47)28-19(40)14-32(4)21-7-8-22-34(6,30(46)50-29-27(45)26(44)25(43)20(15-38)49-29)23(41)13-24(42)37(22)16-35(21,37)11-9-31(28,32)3/h18-29,38-45,47-48H,7-17H2,1-6H3/t19-,20+,21-,22-,23-,24-,25+,26-,27+,28-,29-,31+,32-,33-,34-,35-,36?,37+/m0/s1. The summed E-state index contributed by atoms with van der Waals surface area (Å²) >= 11 is 0. The molecule has 0 aromatic rings. The van der Waals surface area contributed by atoms with Crippen LogP contribution >= 0.6 is 0 Å². The maximum absolute atomic E-state index is 14.1. The van der Waals surface area contributed by atoms with E-state index >= 15 is 0 Å². The third-order valence-electron chi connectivity index (χ3n) is 16.4. The Morgan fingerprint density at radius 2 is 1.52 bits per heavy atom. The van der Waals surface area contributed by atoms with Crippen molar-refractivity contribution in [1.29, 1.82) is 0 Å². The zero-order valence-electron chi connectivity index (χ0n) is 30.4. The summed E-state index contributed by atoms with van der Waals surface area (Å²) in [4.78, 5) is 14.1. The monoisotopic (exact) mass is 714 g/mol. The molecule has 1 saturated heterocycles. The lowest BCUT2D eigenvalue weighted by atomic mass is 9.41. The fourth-order valence-corrected chi connectivity index (χ4v) is 13.1. The topological polar surface area (TPSA) is 238 Å². The quantitative estimate of drug-likeness (QED) is 0.141. The Labute approximate surface area is 294 Å². The highest BCUT2D eigenvalue weighted by Gasteiger charge is 2.86. The molecular formula is C37H62O13. The number of fused-ring (bicyclic) bond motifs is 2. The number of aliphatic hydroxyl groups excluding tert-OH is 8. The first-order chi connectivity index (χ1) is 23.1. The molecule has 6 aliphatic rings. The summed E-state index contributed by atoms with van der Waals surface area (Å²) in [5.41, 5.74) is -6.24. The fourth-order valence-electron chi connectivity index (χ4n) is 13.1. The third kappa shape index (κ3) is 4.94. The minimum atomic E-state index is -1.79. The fraction of sp³-hybridized carbons (Fsp3) is 0.973. The van der Waals surface area contributed by atoms with Gasteiger partial charge in [-0.1, -0.05) is 27.7 Å². The molecule has 288 valence electrons. The molecule has 0 bridgehead atoms. The van der Waals surface area contributed by atoms with Crippen LogP contribution in [-0.4, -0.2) is 130 Å². The molecule has 10 N–H and O–H groups in total. The molecule has 1 unspecified atom stereocenters. The SMILES string of the molecule is CC(C)C(O)(CO)CC[C@](C)(O)[C@H]1[C@@H](O)C[C@@]2(C)[C@@H]3CC[C@H]4[C@](C)(C(=O)O[C@@H]5O[C@H](CO)[C@@H](O)[C@H](O)[C@H]5O)[C@@H](O)C[C@H](O)[C@@]45C[C@@]35CC[C@]12C. The van der Waals surface area contributed by atoms with Gasteiger partial charge in [-0.15, -0.1) is 0 Å². The molecule has 6 fully saturated rings. The van der Waals surface area contributed by atoms with Crippen LogP contribution < -0.4 is 0 Å². The van der Waals surface area contributed by atoms with E-state index in [1.54, 1.807) is 13.8 Å². The third-order valence-corrected chi connectivity index (χ3v) is 16.4. The molecule has 1 aliphatic heterocycles. The first-order valence-electron chi connectivity index (χ1n) is 18.7. The van der Waals surface area contributed by atoms with E-state index in [0.717, 1.165) is 0 Å². The van der Waals surface area contributed by atoms with E-state index in [9.17, 15) is 55.9 Å². The molecule has 13 heteroatoms. The Hall–Kier alpha value is -0.970. The van der Waals surface area contributed by atoms with E-state index in [4.69, 9.17) is 9.47 Å². The van der Waals surface area contributed by atoms with Crippen molar-refractivity contribution in [3.63, 3.8) is 0 Å². The molecule has 5 saturated carbocycles. The smallest absolute Gasteiger partial charge is 0.317 e. The minimum Gasteiger partial charge on any atom is -0.432 e. The predicted octanol–water partition coefficient (Wildman–Crippen LogP) is -0.0382. The molecule has 18 atom stereocenters. The first kappa shape index (κ1) is 38.7. The number of esters is 1. The van der Waals surface area contributed by atoms with Gasteiger partial charge in [0.2, 0.25) is 6.29 Å². The Morgan fingerprint density at radius 1 is 0.880 bits per heavy atom. The van der Waals surface area contributed by atoms with Gasteiger partial charge in [0, 0.05) is 17.8 Å². The van der Waals surface area contributed by atoms with Gasteiger partial charge in [0.1, 0.15) is 24.4 Å². The zero-order valence-corrected chi connectivity index (χ0v) is 30.4. The highest BCUT2D eigenvalue weighted by atomic mass is 16.7. The maximum Gasteiger partial charge on any atom is 0.317 e. The summed E-state index contributed by atoms with van der Waals surface area (Å²) in [6.45, 7) is 10.2. The molecule has 0 amide bonds. The van der Waals surface area contributed by atoms with Crippen LogP contribution in [0.4, 0.5) is 0 Å². The van der Waals surface area contributed by atoms with Crippen molar-refractivity contribution >= 4 is 5.97 Å². The lowest BCUT2D eigenvalue weighted by Crippen LogP contribution is -2.65. The van der Waals surface area contributed by atoms with Crippen molar-refractivity contribution < 1.29 is 65.3 Å². The molecular weight excluding hydrogens is 652 g/mol. The minimum absolute atomic E-state index is 0.0427. The van der Waals surface area contributed by atoms with E-state index in [2.05, 4.69) is 13.8 Å². The van der Waals surface area contributed by atoms with Crippen molar-refractivity contribution in [2.24, 2.45) is 50.7 Å². The van der Waals surface area contributed by atoms with Crippen LogP contribution in [0, 0.1) is 50.7 Å². The Morgan fingerprint density at radius 3 is 2.12 bits per heavy atom. The maximum atomic E-state index is 14.1. The number of ether oxygens (including phenoxy) is 2. The highest BCUT2D eigenvalue weighted by Crippen LogP contribution is 2.89. The summed E-state index contributed by atoms with van der Waals surface area (Å²) in [5.74, 6) is -2.03. The van der Waals surface area contributed by atoms with Crippen molar-refractivity contribution in [2.75, 3.05) is 13.2 Å². The van der Waals surface area contributed by atoms with Crippen LogP contribution in [0.1, 0.15) is 99.3 Å². The summed E-state index contributed by atoms with van der Waals surface area (Å²) < 4.78 is 11.1. The van der Waals surface area contributed by atoms with E-state index in [1.807, 2.05) is 13.8 Å². The van der Waals surface area contributed by atoms with Crippen LogP contribution in [0.5, 0.6) is 0 Å². The van der Waals surface area contributed by atoms with E-state index in [-0.39, 0.29) is 36.5 Å². The van der Waals surface area contributed by atoms with Crippen molar-refractivity contribution in [2.45, 2.75) is 160 Å². The number of hydrogen-bond acceptors (Lipinski definition) is 13. The predicted molar refractivity (Wildman–Crippen MR) is 177 cm³/mol. The molecule has 50 heavy (non-hydrogen) atoms. The molecule has 2 spiro atoms. The van der Waals surface area contributed by atoms with Gasteiger partial charge in [0.15, 0.2) is 0 Å². The first-order valence-corrected chi connectivity index (χ1v) is 18.7. The van der Waals surface area contributed by atoms with Crippen molar-refractivity contribution in [3.05, 3.63) is 0 Å². The van der Waals surface area contributed by atoms with Gasteiger partial charge in [0.25, 0.3) is 0 Å². The average Bonchev–Trinajstić information content (AvgIpc) is 3.69. The number of rotatable bonds is 9. The average molecular weight is 715 g/mol. The van der Waals surface area contributed by atoms with Crippen molar-refractivity contribution in [1.82, 2.24) is 0 Å². The second-order valence-electron chi connectivity index (χ2n) is 18.6. The van der Waals surface area contributed by atoms with Crippen LogP contribution in [0.3, 0.4) is 0 Å². The largest absolute Gasteiger partial charge is 0.432 e. The molecule has 0 aromatic heterocycles. The highest BCUT2D eigenvalue weighted by molar-refractivity contribution is 5.78. The molecule has 13 nitrogen and oxygen atoms in total. The number of carbonyl (C=O) groups is 1. The molecule has 5 aliphatic carbocycles. The van der Waals surface area contributed by atoms with Gasteiger partial charge in [-0.2, -0.15) is 0 Å². The summed E-state index contributed by atoms with van der Waals surface area (Å²) in [7, 11) is 0. The van der Waals surface area contributed by atoms with Gasteiger partial charge >= 0.3 is 5.97 Å². The van der Waals surface area contributed by atoms with Crippen LogP contribution in [0.15, 0.2) is 0 Å². The van der Waals surface area contributed by atoms with Crippen LogP contribution in [0.25, 0.3) is 0 Å². The number of carbonyl (C=O) groups excluding carboxylic acids is 1. The van der Waals surface area contributed by atoms with Gasteiger partial charge in [-0.05, 0) is 99.2 Å². The Bertz CT molecular complexity index is 1310. The van der Waals surface area contributed by atoms with Gasteiger partial charge in [-0.25, -0.2) is 0 Å². The van der Waals surface area contributed by atoms with Gasteiger partial charge in [0.05, 0.1) is 48.1 Å². The molecule has 1 heterocycles. The second-order valence-corrected chi connectivity index (χ2v) is 18.6. The summed E-state index contributed by atoms with van der Waals surface area (Å²) in [5, 5.41) is 109. The second kappa shape index (κ2) is 12.3. The van der Waals surface area contributed by atoms with Crippen molar-refractivity contribution in [3.8, 4) is 0 Å². The number of aliphatic hydroxyl groups is 10. The van der Waals surface area contributed by atoms with Crippen LogP contribution in [-0.2, 0) is 14.3 Å². The molecule has 6 rings (SSSR count). The molecule has 0 radical (unpaired) electrons. The summed E-state index contributed by atoms with van der Waals surface area (Å²) in [6, 6.07) is 0. The number of hydrogen-bond donors (Lipinski definition) is 10.